The predicted octanol–water partition coefficient (Wildman–Crippen LogP) is 15.5. The maximum atomic E-state index is 5.77. The molecule has 296 valence electrons. The van der Waals surface area contributed by atoms with Crippen LogP contribution < -0.4 is 0 Å². The minimum atomic E-state index is 0.698. The predicted molar refractivity (Wildman–Crippen MR) is 269 cm³/mol. The number of benzene rings is 9. The number of rotatable bonds is 4. The zero-order chi connectivity index (χ0) is 41.6. The lowest BCUT2D eigenvalue weighted by atomic mass is 9.99. The first kappa shape index (κ1) is 34.3. The molecule has 64 heavy (non-hydrogen) atoms. The number of hydrogen-bond donors (Lipinski definition) is 0. The largest absolute Gasteiger partial charge is 0.309 e. The van der Waals surface area contributed by atoms with Crippen LogP contribution in [-0.4, -0.2) is 23.5 Å². The summed E-state index contributed by atoms with van der Waals surface area (Å²) < 4.78 is 8.49. The molecule has 0 atom stereocenters. The topological polar surface area (TPSA) is 40.0 Å². The van der Waals surface area contributed by atoms with Gasteiger partial charge < -0.3 is 8.97 Å². The molecule has 5 nitrogen and oxygen atoms in total. The summed E-state index contributed by atoms with van der Waals surface area (Å²) in [5.74, 6) is 1.58. The molecule has 0 N–H and O–H groups in total. The molecule has 0 aliphatic heterocycles. The molecule has 9 aromatic carbocycles. The van der Waals surface area contributed by atoms with E-state index in [-0.39, 0.29) is 0 Å². The van der Waals surface area contributed by atoms with E-state index in [4.69, 9.17) is 9.97 Å². The average molecular weight is 832 g/mol. The van der Waals surface area contributed by atoms with Gasteiger partial charge in [-0.1, -0.05) is 140 Å². The average Bonchev–Trinajstić information content (AvgIpc) is 4.15. The van der Waals surface area contributed by atoms with E-state index >= 15 is 0 Å². The Morgan fingerprint density at radius 3 is 1.78 bits per heavy atom. The lowest BCUT2D eigenvalue weighted by Crippen LogP contribution is -2.02. The Balaban J connectivity index is 1.11. The molecule has 15 rings (SSSR count). The third-order valence-electron chi connectivity index (χ3n) is 13.6. The van der Waals surface area contributed by atoms with E-state index in [0.717, 1.165) is 49.2 Å². The van der Waals surface area contributed by atoms with Crippen molar-refractivity contribution in [2.75, 3.05) is 0 Å². The molecule has 0 spiro atoms. The minimum absolute atomic E-state index is 0.698. The van der Waals surface area contributed by atoms with E-state index in [0.29, 0.717) is 5.82 Å². The number of fused-ring (bicyclic) bond motifs is 16. The molecule has 0 saturated heterocycles. The van der Waals surface area contributed by atoms with Gasteiger partial charge in [0, 0.05) is 64.4 Å². The molecule has 0 bridgehead atoms. The number of nitrogens with zero attached hydrogens (tertiary/aromatic N) is 5. The Bertz CT molecular complexity index is 4420. The van der Waals surface area contributed by atoms with Crippen molar-refractivity contribution in [3.63, 3.8) is 0 Å². The highest BCUT2D eigenvalue weighted by molar-refractivity contribution is 7.25. The summed E-state index contributed by atoms with van der Waals surface area (Å²) >= 11 is 1.74. The fourth-order valence-corrected chi connectivity index (χ4v) is 12.0. The van der Waals surface area contributed by atoms with Crippen molar-refractivity contribution in [2.24, 2.45) is 0 Å². The van der Waals surface area contributed by atoms with Gasteiger partial charge in [0.2, 0.25) is 0 Å². The third kappa shape index (κ3) is 4.51. The van der Waals surface area contributed by atoms with Crippen molar-refractivity contribution in [2.45, 2.75) is 0 Å². The van der Waals surface area contributed by atoms with Gasteiger partial charge in [-0.25, -0.2) is 9.97 Å². The number of hydrogen-bond acceptors (Lipinski definition) is 3. The fraction of sp³-hybridized carbons (Fsp3) is 0. The molecule has 0 aliphatic carbocycles. The van der Waals surface area contributed by atoms with Gasteiger partial charge in [0.25, 0.3) is 0 Å². The van der Waals surface area contributed by atoms with Crippen molar-refractivity contribution in [1.82, 2.24) is 23.5 Å². The molecule has 0 amide bonds. The normalized spacial score (nSPS) is 12.4. The van der Waals surface area contributed by atoms with E-state index in [1.165, 1.54) is 81.0 Å². The Kier molecular flexibility index (Phi) is 6.77. The zero-order valence-electron chi connectivity index (χ0n) is 34.2. The first-order chi connectivity index (χ1) is 31.8. The highest BCUT2D eigenvalue weighted by Gasteiger charge is 2.27. The molecule has 0 saturated carbocycles. The van der Waals surface area contributed by atoms with Crippen LogP contribution in [-0.2, 0) is 0 Å². The van der Waals surface area contributed by atoms with Crippen LogP contribution in [0.1, 0.15) is 0 Å². The summed E-state index contributed by atoms with van der Waals surface area (Å²) in [6.45, 7) is 0. The Morgan fingerprint density at radius 2 is 0.969 bits per heavy atom. The summed E-state index contributed by atoms with van der Waals surface area (Å²) in [6.07, 6.45) is 0. The molecule has 0 radical (unpaired) electrons. The highest BCUT2D eigenvalue weighted by atomic mass is 32.1. The Hall–Kier alpha value is -8.32. The number of aromatic nitrogens is 5. The van der Waals surface area contributed by atoms with Gasteiger partial charge in [0.1, 0.15) is 4.83 Å². The van der Waals surface area contributed by atoms with Gasteiger partial charge in [-0.15, -0.1) is 11.3 Å². The second-order valence-corrected chi connectivity index (χ2v) is 17.9. The summed E-state index contributed by atoms with van der Waals surface area (Å²) in [4.78, 5) is 12.2. The number of para-hydroxylation sites is 4. The third-order valence-corrected chi connectivity index (χ3v) is 14.6. The van der Waals surface area contributed by atoms with Crippen molar-refractivity contribution in [1.29, 1.82) is 0 Å². The maximum absolute atomic E-state index is 5.77. The second kappa shape index (κ2) is 12.6. The van der Waals surface area contributed by atoms with E-state index in [1.807, 2.05) is 0 Å². The highest BCUT2D eigenvalue weighted by Crippen LogP contribution is 2.49. The van der Waals surface area contributed by atoms with Gasteiger partial charge >= 0.3 is 0 Å². The van der Waals surface area contributed by atoms with E-state index in [1.54, 1.807) is 11.3 Å². The molecule has 6 heteroatoms. The Morgan fingerprint density at radius 1 is 0.344 bits per heavy atom. The van der Waals surface area contributed by atoms with Crippen LogP contribution in [0, 0.1) is 0 Å². The van der Waals surface area contributed by atoms with E-state index in [2.05, 4.69) is 214 Å². The quantitative estimate of drug-likeness (QED) is 0.177. The first-order valence-corrected chi connectivity index (χ1v) is 22.6. The molecule has 0 aliphatic rings. The van der Waals surface area contributed by atoms with Crippen LogP contribution in [0.4, 0.5) is 0 Å². The fourth-order valence-electron chi connectivity index (χ4n) is 10.9. The van der Waals surface area contributed by atoms with Crippen molar-refractivity contribution in [3.8, 4) is 34.0 Å². The molecule has 6 aromatic heterocycles. The van der Waals surface area contributed by atoms with Crippen LogP contribution >= 0.6 is 11.3 Å². The zero-order valence-corrected chi connectivity index (χ0v) is 35.0. The molecule has 6 heterocycles. The van der Waals surface area contributed by atoms with Crippen molar-refractivity contribution in [3.05, 3.63) is 200 Å². The smallest absolute Gasteiger partial charge is 0.163 e. The van der Waals surface area contributed by atoms with Crippen LogP contribution in [0.2, 0.25) is 0 Å². The Labute approximate surface area is 369 Å². The van der Waals surface area contributed by atoms with Crippen molar-refractivity contribution < 1.29 is 0 Å². The van der Waals surface area contributed by atoms with Crippen LogP contribution in [0.15, 0.2) is 200 Å². The van der Waals surface area contributed by atoms with Crippen LogP contribution in [0.3, 0.4) is 0 Å². The standard InChI is InChI=1S/C58H33N5S/c1-3-15-34(16-4-1)35-28-30-48-44(31-35)52-50(33-43-39-20-8-12-24-46(39)62-47-25-13-9-21-41(47)53(52)55(43)62)63(48)57-54-42-22-10-14-26-51(42)64-58(54)60-56(59-57)36-27-29-40-38-19-7-11-23-45(38)61(49(40)32-36)37-17-5-2-6-18-37/h1-33H. The lowest BCUT2D eigenvalue weighted by Gasteiger charge is -2.12. The first-order valence-electron chi connectivity index (χ1n) is 21.7. The van der Waals surface area contributed by atoms with Crippen LogP contribution in [0.25, 0.3) is 136 Å². The maximum Gasteiger partial charge on any atom is 0.163 e. The molecule has 0 fully saturated rings. The summed E-state index contributed by atoms with van der Waals surface area (Å²) in [7, 11) is 0. The molecular weight excluding hydrogens is 799 g/mol. The lowest BCUT2D eigenvalue weighted by molar-refractivity contribution is 1.08. The SMILES string of the molecule is c1ccc(-c2ccc3c(c2)c2c4c5ccccc5n5c6ccccc6c(cc2n3-c2nc(-c3ccc6c7ccccc7n(-c7ccccc7)c6c3)nc3sc6ccccc6c23)c45)cc1. The van der Waals surface area contributed by atoms with Gasteiger partial charge in [-0.2, -0.15) is 0 Å². The van der Waals surface area contributed by atoms with E-state index < -0.39 is 0 Å². The number of thiophene rings is 1. The van der Waals surface area contributed by atoms with Gasteiger partial charge in [-0.3, -0.25) is 4.57 Å². The van der Waals surface area contributed by atoms with Gasteiger partial charge in [0.15, 0.2) is 11.6 Å². The van der Waals surface area contributed by atoms with Crippen molar-refractivity contribution >= 4 is 113 Å². The van der Waals surface area contributed by atoms with Crippen LogP contribution in [0.5, 0.6) is 0 Å². The van der Waals surface area contributed by atoms with Gasteiger partial charge in [-0.05, 0) is 71.8 Å². The van der Waals surface area contributed by atoms with E-state index in [9.17, 15) is 0 Å². The monoisotopic (exact) mass is 831 g/mol. The molecule has 15 aromatic rings. The second-order valence-electron chi connectivity index (χ2n) is 16.9. The summed E-state index contributed by atoms with van der Waals surface area (Å²) in [5, 5.41) is 12.1. The molecule has 0 unspecified atom stereocenters. The van der Waals surface area contributed by atoms with Gasteiger partial charge in [0.05, 0.1) is 44.0 Å². The minimum Gasteiger partial charge on any atom is -0.309 e. The molecular formula is C58H33N5S. The summed E-state index contributed by atoms with van der Waals surface area (Å²) in [5.41, 5.74) is 12.7. The summed E-state index contributed by atoms with van der Waals surface area (Å²) in [6, 6.07) is 72.7.